The van der Waals surface area contributed by atoms with Crippen LogP contribution < -0.4 is 10.1 Å². The van der Waals surface area contributed by atoms with Gasteiger partial charge in [0.05, 0.1) is 23.8 Å². The number of amides is 1. The molecule has 2 heterocycles. The molecule has 1 unspecified atom stereocenters. The summed E-state index contributed by atoms with van der Waals surface area (Å²) < 4.78 is 44.8. The van der Waals surface area contributed by atoms with Crippen molar-refractivity contribution >= 4 is 16.8 Å². The predicted molar refractivity (Wildman–Crippen MR) is 124 cm³/mol. The molecule has 1 aliphatic carbocycles. The lowest BCUT2D eigenvalue weighted by Gasteiger charge is -2.34. The summed E-state index contributed by atoms with van der Waals surface area (Å²) in [4.78, 5) is 21.1. The summed E-state index contributed by atoms with van der Waals surface area (Å²) in [5, 5.41) is 3.72. The molecule has 1 saturated carbocycles. The van der Waals surface area contributed by atoms with Crippen molar-refractivity contribution in [1.29, 1.82) is 0 Å². The number of fused-ring (bicyclic) bond motifs is 1. The summed E-state index contributed by atoms with van der Waals surface area (Å²) in [6, 6.07) is 8.98. The van der Waals surface area contributed by atoms with Crippen molar-refractivity contribution in [2.45, 2.75) is 57.2 Å². The smallest absolute Gasteiger partial charge is 0.416 e. The fraction of sp³-hybridized carbons (Fsp3) is 0.423. The fourth-order valence-corrected chi connectivity index (χ4v) is 4.97. The van der Waals surface area contributed by atoms with Gasteiger partial charge in [-0.25, -0.2) is 4.98 Å². The van der Waals surface area contributed by atoms with Crippen LogP contribution in [0.5, 0.6) is 5.88 Å². The Morgan fingerprint density at radius 2 is 1.88 bits per heavy atom. The van der Waals surface area contributed by atoms with Gasteiger partial charge in [0.15, 0.2) is 0 Å². The van der Waals surface area contributed by atoms with Gasteiger partial charge in [-0.05, 0) is 79.8 Å². The zero-order valence-electron chi connectivity index (χ0n) is 19.2. The number of carbonyl (C=O) groups is 1. The highest BCUT2D eigenvalue weighted by atomic mass is 19.4. The summed E-state index contributed by atoms with van der Waals surface area (Å²) in [5.74, 6) is 0.774. The lowest BCUT2D eigenvalue weighted by Crippen LogP contribution is -2.41. The van der Waals surface area contributed by atoms with Crippen LogP contribution in [-0.2, 0) is 6.18 Å². The maximum absolute atomic E-state index is 13.3. The monoisotopic (exact) mass is 471 g/mol. The first-order chi connectivity index (χ1) is 16.3. The summed E-state index contributed by atoms with van der Waals surface area (Å²) in [6.45, 7) is 2.05. The standard InChI is InChI=1S/C26H28F3N3O2/c1-3-22(32-25(33)18-8-11-24(34-2)31-15-18)17-6-4-16(5-7-17)20-12-13-30-23-10-9-19(14-21(20)23)26(27,28)29/h8-17,22H,3-7H2,1-2H3,(H,32,33). The molecule has 3 aromatic rings. The number of methoxy groups -OCH3 is 1. The summed E-state index contributed by atoms with van der Waals surface area (Å²) in [6.07, 6.45) is 3.10. The molecular formula is C26H28F3N3O2. The highest BCUT2D eigenvalue weighted by molar-refractivity contribution is 5.94. The molecule has 0 aliphatic heterocycles. The number of ether oxygens (including phenoxy) is 1. The topological polar surface area (TPSA) is 64.1 Å². The van der Waals surface area contributed by atoms with Crippen molar-refractivity contribution < 1.29 is 22.7 Å². The Balaban J connectivity index is 1.44. The van der Waals surface area contributed by atoms with Crippen molar-refractivity contribution in [3.63, 3.8) is 0 Å². The number of rotatable bonds is 6. The minimum Gasteiger partial charge on any atom is -0.481 e. The third-order valence-corrected chi connectivity index (χ3v) is 6.85. The number of aromatic nitrogens is 2. The highest BCUT2D eigenvalue weighted by Crippen LogP contribution is 2.41. The number of nitrogens with one attached hydrogen (secondary N) is 1. The van der Waals surface area contributed by atoms with E-state index >= 15 is 0 Å². The van der Waals surface area contributed by atoms with E-state index in [0.29, 0.717) is 28.3 Å². The van der Waals surface area contributed by atoms with Gasteiger partial charge in [-0.15, -0.1) is 0 Å². The first kappa shape index (κ1) is 24.0. The number of carbonyl (C=O) groups excluding carboxylic acids is 1. The molecular weight excluding hydrogens is 443 g/mol. The number of hydrogen-bond donors (Lipinski definition) is 1. The van der Waals surface area contributed by atoms with Crippen LogP contribution in [0.25, 0.3) is 10.9 Å². The highest BCUT2D eigenvalue weighted by Gasteiger charge is 2.32. The number of hydrogen-bond acceptors (Lipinski definition) is 4. The Kier molecular flexibility index (Phi) is 7.05. The molecule has 34 heavy (non-hydrogen) atoms. The van der Waals surface area contributed by atoms with E-state index in [4.69, 9.17) is 4.74 Å². The molecule has 0 spiro atoms. The molecule has 180 valence electrons. The van der Waals surface area contributed by atoms with Crippen LogP contribution in [0.1, 0.15) is 66.4 Å². The van der Waals surface area contributed by atoms with Crippen LogP contribution in [0.2, 0.25) is 0 Å². The maximum atomic E-state index is 13.3. The molecule has 1 aromatic carbocycles. The van der Waals surface area contributed by atoms with E-state index in [-0.39, 0.29) is 17.9 Å². The third-order valence-electron chi connectivity index (χ3n) is 6.85. The Hall–Kier alpha value is -3.16. The molecule has 5 nitrogen and oxygen atoms in total. The minimum absolute atomic E-state index is 0.0292. The van der Waals surface area contributed by atoms with Crippen LogP contribution in [0, 0.1) is 5.92 Å². The second kappa shape index (κ2) is 9.99. The van der Waals surface area contributed by atoms with Crippen molar-refractivity contribution in [2.75, 3.05) is 7.11 Å². The van der Waals surface area contributed by atoms with E-state index in [2.05, 4.69) is 22.2 Å². The van der Waals surface area contributed by atoms with Crippen molar-refractivity contribution in [1.82, 2.24) is 15.3 Å². The molecule has 1 fully saturated rings. The lowest BCUT2D eigenvalue weighted by atomic mass is 9.75. The Morgan fingerprint density at radius 3 is 2.50 bits per heavy atom. The van der Waals surface area contributed by atoms with E-state index in [1.165, 1.54) is 25.4 Å². The van der Waals surface area contributed by atoms with Gasteiger partial charge in [-0.3, -0.25) is 9.78 Å². The van der Waals surface area contributed by atoms with Crippen molar-refractivity contribution in [3.05, 3.63) is 65.5 Å². The first-order valence-electron chi connectivity index (χ1n) is 11.6. The van der Waals surface area contributed by atoms with Crippen LogP contribution in [0.3, 0.4) is 0 Å². The van der Waals surface area contributed by atoms with E-state index in [9.17, 15) is 18.0 Å². The van der Waals surface area contributed by atoms with Gasteiger partial charge >= 0.3 is 6.18 Å². The SMILES string of the molecule is CCC(NC(=O)c1ccc(OC)nc1)C1CCC(c2ccnc3ccc(C(F)(F)F)cc23)CC1. The van der Waals surface area contributed by atoms with Gasteiger partial charge in [-0.1, -0.05) is 6.92 Å². The third kappa shape index (κ3) is 5.16. The van der Waals surface area contributed by atoms with E-state index in [1.54, 1.807) is 18.3 Å². The molecule has 0 radical (unpaired) electrons. The molecule has 1 N–H and O–H groups in total. The number of pyridine rings is 2. The molecule has 4 rings (SSSR count). The second-order valence-corrected chi connectivity index (χ2v) is 8.82. The first-order valence-corrected chi connectivity index (χ1v) is 11.6. The number of halogens is 3. The number of nitrogens with zero attached hydrogens (tertiary/aromatic N) is 2. The number of benzene rings is 1. The molecule has 1 amide bonds. The van der Waals surface area contributed by atoms with Crippen LogP contribution in [-0.4, -0.2) is 29.0 Å². The average Bonchev–Trinajstić information content (AvgIpc) is 2.86. The van der Waals surface area contributed by atoms with Crippen LogP contribution in [0.4, 0.5) is 13.2 Å². The van der Waals surface area contributed by atoms with Crippen LogP contribution >= 0.6 is 0 Å². The molecule has 8 heteroatoms. The minimum atomic E-state index is -4.38. The maximum Gasteiger partial charge on any atom is 0.416 e. The van der Waals surface area contributed by atoms with Crippen molar-refractivity contribution in [3.8, 4) is 5.88 Å². The molecule has 2 aromatic heterocycles. The normalized spacial score (nSPS) is 19.6. The van der Waals surface area contributed by atoms with Gasteiger partial charge in [0.25, 0.3) is 5.91 Å². The van der Waals surface area contributed by atoms with Gasteiger partial charge in [0.1, 0.15) is 0 Å². The summed E-state index contributed by atoms with van der Waals surface area (Å²) in [7, 11) is 1.52. The van der Waals surface area contributed by atoms with Gasteiger partial charge in [-0.2, -0.15) is 13.2 Å². The zero-order chi connectivity index (χ0) is 24.3. The van der Waals surface area contributed by atoms with Gasteiger partial charge < -0.3 is 10.1 Å². The van der Waals surface area contributed by atoms with E-state index in [1.807, 2.05) is 6.07 Å². The Labute approximate surface area is 196 Å². The molecule has 0 bridgehead atoms. The largest absolute Gasteiger partial charge is 0.481 e. The number of alkyl halides is 3. The Bertz CT molecular complexity index is 1140. The predicted octanol–water partition coefficient (Wildman–Crippen LogP) is 6.14. The second-order valence-electron chi connectivity index (χ2n) is 8.82. The molecule has 1 atom stereocenters. The average molecular weight is 472 g/mol. The van der Waals surface area contributed by atoms with Crippen molar-refractivity contribution in [2.24, 2.45) is 5.92 Å². The van der Waals surface area contributed by atoms with E-state index < -0.39 is 11.7 Å². The van der Waals surface area contributed by atoms with Gasteiger partial charge in [0.2, 0.25) is 5.88 Å². The summed E-state index contributed by atoms with van der Waals surface area (Å²) >= 11 is 0. The molecule has 1 aliphatic rings. The quantitative estimate of drug-likeness (QED) is 0.469. The van der Waals surface area contributed by atoms with E-state index in [0.717, 1.165) is 43.7 Å². The zero-order valence-corrected chi connectivity index (χ0v) is 19.2. The molecule has 0 saturated heterocycles. The Morgan fingerprint density at radius 1 is 1.12 bits per heavy atom. The van der Waals surface area contributed by atoms with Crippen LogP contribution in [0.15, 0.2) is 48.8 Å². The van der Waals surface area contributed by atoms with Gasteiger partial charge in [0, 0.05) is 29.9 Å². The summed E-state index contributed by atoms with van der Waals surface area (Å²) in [5.41, 5.74) is 1.34. The fourth-order valence-electron chi connectivity index (χ4n) is 4.97. The lowest BCUT2D eigenvalue weighted by molar-refractivity contribution is -0.137.